The van der Waals surface area contributed by atoms with Crippen molar-refractivity contribution in [1.82, 2.24) is 14.9 Å². The average molecular weight is 521 g/mol. The molecule has 0 radical (unpaired) electrons. The number of fused-ring (bicyclic) bond motifs is 2. The second-order valence-electron chi connectivity index (χ2n) is 11.7. The number of benzene rings is 1. The van der Waals surface area contributed by atoms with E-state index in [0.717, 1.165) is 66.5 Å². The van der Waals surface area contributed by atoms with E-state index in [0.29, 0.717) is 25.5 Å². The van der Waals surface area contributed by atoms with Crippen molar-refractivity contribution >= 4 is 28.0 Å². The summed E-state index contributed by atoms with van der Waals surface area (Å²) in [6.07, 6.45) is 9.55. The molecule has 0 bridgehead atoms. The molecule has 2 aliphatic rings. The molecule has 1 aliphatic heterocycles. The lowest BCUT2D eigenvalue weighted by Gasteiger charge is -2.31. The molecule has 5 rings (SSSR count). The van der Waals surface area contributed by atoms with Crippen molar-refractivity contribution in [2.75, 3.05) is 26.2 Å². The standard InChI is InChI=1S/C30H40N4O2S/c1-30(2,19-31)20-36-29-33-26-18-34(16-13-28(26)37-29)15-12-21-8-10-22(11-9-21)17-27(35)24-5-3-7-25-23(24)6-4-14-32-25/h3-7,14,21-22H,8-13,15-20,31H2,1-2H3. The number of ether oxygens (including phenoxy) is 1. The fraction of sp³-hybridized carbons (Fsp3) is 0.567. The number of thiazole rings is 1. The Kier molecular flexibility index (Phi) is 8.22. The zero-order chi connectivity index (χ0) is 25.8. The van der Waals surface area contributed by atoms with Crippen LogP contribution in [0.3, 0.4) is 0 Å². The van der Waals surface area contributed by atoms with Gasteiger partial charge in [0.25, 0.3) is 5.19 Å². The summed E-state index contributed by atoms with van der Waals surface area (Å²) in [5.74, 6) is 1.54. The Labute approximate surface area is 224 Å². The quantitative estimate of drug-likeness (QED) is 0.336. The lowest BCUT2D eigenvalue weighted by molar-refractivity contribution is 0.0941. The van der Waals surface area contributed by atoms with Crippen LogP contribution in [0, 0.1) is 17.3 Å². The first-order valence-electron chi connectivity index (χ1n) is 13.8. The van der Waals surface area contributed by atoms with Gasteiger partial charge in [-0.3, -0.25) is 14.7 Å². The van der Waals surface area contributed by atoms with Gasteiger partial charge in [-0.05, 0) is 56.2 Å². The van der Waals surface area contributed by atoms with Gasteiger partial charge in [0.15, 0.2) is 5.78 Å². The minimum atomic E-state index is -0.0299. The van der Waals surface area contributed by atoms with E-state index in [4.69, 9.17) is 15.5 Å². The predicted octanol–water partition coefficient (Wildman–Crippen LogP) is 5.88. The van der Waals surface area contributed by atoms with Crippen LogP contribution in [0.25, 0.3) is 10.9 Å². The Morgan fingerprint density at radius 1 is 1.16 bits per heavy atom. The number of carbonyl (C=O) groups is 1. The minimum absolute atomic E-state index is 0.0299. The van der Waals surface area contributed by atoms with Gasteiger partial charge in [0.05, 0.1) is 17.8 Å². The molecule has 0 unspecified atom stereocenters. The lowest BCUT2D eigenvalue weighted by Crippen LogP contribution is -2.32. The van der Waals surface area contributed by atoms with Crippen LogP contribution in [-0.2, 0) is 13.0 Å². The SMILES string of the molecule is CC(C)(CN)COc1nc2c(s1)CCN(CCC1CCC(CC(=O)c3cccc4ncccc34)CC1)C2. The van der Waals surface area contributed by atoms with Crippen LogP contribution >= 0.6 is 11.3 Å². The zero-order valence-electron chi connectivity index (χ0n) is 22.2. The first kappa shape index (κ1) is 26.3. The smallest absolute Gasteiger partial charge is 0.273 e. The van der Waals surface area contributed by atoms with Gasteiger partial charge in [0.1, 0.15) is 0 Å². The predicted molar refractivity (Wildman–Crippen MR) is 150 cm³/mol. The van der Waals surface area contributed by atoms with Gasteiger partial charge in [-0.25, -0.2) is 4.98 Å². The van der Waals surface area contributed by atoms with Crippen LogP contribution < -0.4 is 10.5 Å². The second kappa shape index (κ2) is 11.6. The van der Waals surface area contributed by atoms with Gasteiger partial charge >= 0.3 is 0 Å². The van der Waals surface area contributed by atoms with E-state index in [-0.39, 0.29) is 11.2 Å². The minimum Gasteiger partial charge on any atom is -0.469 e. The number of pyridine rings is 1. The van der Waals surface area contributed by atoms with Crippen LogP contribution in [0.5, 0.6) is 5.19 Å². The van der Waals surface area contributed by atoms with Crippen LogP contribution in [0.1, 0.15) is 73.3 Å². The Balaban J connectivity index is 1.06. The van der Waals surface area contributed by atoms with Gasteiger partial charge in [0, 0.05) is 53.5 Å². The number of nitrogens with zero attached hydrogens (tertiary/aromatic N) is 3. The second-order valence-corrected chi connectivity index (χ2v) is 12.8. The van der Waals surface area contributed by atoms with E-state index < -0.39 is 0 Å². The number of nitrogens with two attached hydrogens (primary N) is 1. The Morgan fingerprint density at radius 3 is 2.78 bits per heavy atom. The summed E-state index contributed by atoms with van der Waals surface area (Å²) >= 11 is 1.71. The molecular weight excluding hydrogens is 480 g/mol. The van der Waals surface area contributed by atoms with Gasteiger partial charge in [-0.1, -0.05) is 56.2 Å². The van der Waals surface area contributed by atoms with Crippen molar-refractivity contribution < 1.29 is 9.53 Å². The maximum atomic E-state index is 13.1. The van der Waals surface area contributed by atoms with Gasteiger partial charge in [-0.2, -0.15) is 0 Å². The normalized spacial score (nSPS) is 20.6. The van der Waals surface area contributed by atoms with Gasteiger partial charge < -0.3 is 10.5 Å². The number of rotatable bonds is 10. The summed E-state index contributed by atoms with van der Waals surface area (Å²) in [4.78, 5) is 26.2. The molecule has 2 N–H and O–H groups in total. The third-order valence-electron chi connectivity index (χ3n) is 8.17. The molecule has 0 saturated heterocycles. The summed E-state index contributed by atoms with van der Waals surface area (Å²) in [7, 11) is 0. The highest BCUT2D eigenvalue weighted by atomic mass is 32.1. The largest absolute Gasteiger partial charge is 0.469 e. The highest BCUT2D eigenvalue weighted by Crippen LogP contribution is 2.35. The van der Waals surface area contributed by atoms with Crippen molar-refractivity contribution in [3.63, 3.8) is 0 Å². The first-order chi connectivity index (χ1) is 17.9. The maximum Gasteiger partial charge on any atom is 0.273 e. The van der Waals surface area contributed by atoms with Crippen molar-refractivity contribution in [3.05, 3.63) is 52.7 Å². The van der Waals surface area contributed by atoms with E-state index in [1.165, 1.54) is 29.8 Å². The molecule has 1 aliphatic carbocycles. The molecule has 6 nitrogen and oxygen atoms in total. The van der Waals surface area contributed by atoms with Crippen LogP contribution in [0.15, 0.2) is 36.5 Å². The van der Waals surface area contributed by atoms with Crippen LogP contribution in [0.4, 0.5) is 0 Å². The molecule has 1 saturated carbocycles. The average Bonchev–Trinajstić information content (AvgIpc) is 3.33. The molecule has 0 amide bonds. The molecule has 2 aromatic heterocycles. The molecule has 1 fully saturated rings. The fourth-order valence-corrected chi connectivity index (χ4v) is 6.51. The summed E-state index contributed by atoms with van der Waals surface area (Å²) < 4.78 is 5.97. The fourth-order valence-electron chi connectivity index (χ4n) is 5.61. The summed E-state index contributed by atoms with van der Waals surface area (Å²) in [5.41, 5.74) is 8.73. The number of aromatic nitrogens is 2. The first-order valence-corrected chi connectivity index (χ1v) is 14.6. The summed E-state index contributed by atoms with van der Waals surface area (Å²) in [6, 6.07) is 9.81. The van der Waals surface area contributed by atoms with Gasteiger partial charge in [-0.15, -0.1) is 0 Å². The molecule has 3 heterocycles. The lowest BCUT2D eigenvalue weighted by atomic mass is 9.78. The van der Waals surface area contributed by atoms with E-state index in [2.05, 4.69) is 23.7 Å². The Morgan fingerprint density at radius 2 is 1.97 bits per heavy atom. The highest BCUT2D eigenvalue weighted by molar-refractivity contribution is 7.13. The van der Waals surface area contributed by atoms with Crippen molar-refractivity contribution in [1.29, 1.82) is 0 Å². The molecule has 1 aromatic carbocycles. The van der Waals surface area contributed by atoms with E-state index in [1.807, 2.05) is 30.3 Å². The van der Waals surface area contributed by atoms with Crippen LogP contribution in [-0.4, -0.2) is 46.9 Å². The van der Waals surface area contributed by atoms with Crippen molar-refractivity contribution in [2.45, 2.75) is 65.3 Å². The van der Waals surface area contributed by atoms with E-state index in [9.17, 15) is 4.79 Å². The number of hydrogen-bond donors (Lipinski definition) is 1. The molecule has 0 spiro atoms. The molecule has 0 atom stereocenters. The molecule has 198 valence electrons. The Hall–Kier alpha value is -2.35. The third-order valence-corrected chi connectivity index (χ3v) is 9.24. The highest BCUT2D eigenvalue weighted by Gasteiger charge is 2.27. The van der Waals surface area contributed by atoms with Crippen molar-refractivity contribution in [2.24, 2.45) is 23.0 Å². The number of carbonyl (C=O) groups excluding carboxylic acids is 1. The molecule has 3 aromatic rings. The summed E-state index contributed by atoms with van der Waals surface area (Å²) in [5, 5.41) is 1.77. The number of ketones is 1. The number of Topliss-reactive ketones (excluding diaryl/α,β-unsaturated/α-hetero) is 1. The van der Waals surface area contributed by atoms with E-state index >= 15 is 0 Å². The summed E-state index contributed by atoms with van der Waals surface area (Å²) in [6.45, 7) is 8.61. The molecule has 37 heavy (non-hydrogen) atoms. The maximum absolute atomic E-state index is 13.1. The van der Waals surface area contributed by atoms with E-state index in [1.54, 1.807) is 17.5 Å². The van der Waals surface area contributed by atoms with Gasteiger partial charge in [0.2, 0.25) is 0 Å². The third kappa shape index (κ3) is 6.57. The molecule has 7 heteroatoms. The van der Waals surface area contributed by atoms with Crippen LogP contribution in [0.2, 0.25) is 0 Å². The Bertz CT molecular complexity index is 1210. The molecular formula is C30H40N4O2S. The van der Waals surface area contributed by atoms with Crippen molar-refractivity contribution in [3.8, 4) is 5.19 Å². The number of hydrogen-bond acceptors (Lipinski definition) is 7. The monoisotopic (exact) mass is 520 g/mol. The topological polar surface area (TPSA) is 81.3 Å². The zero-order valence-corrected chi connectivity index (χ0v) is 23.1.